The van der Waals surface area contributed by atoms with Crippen molar-refractivity contribution in [1.82, 2.24) is 0 Å². The van der Waals surface area contributed by atoms with E-state index in [-0.39, 0.29) is 18.3 Å². The smallest absolute Gasteiger partial charge is 0.105 e. The maximum absolute atomic E-state index is 8.75. The molecule has 1 heterocycles. The summed E-state index contributed by atoms with van der Waals surface area (Å²) in [6.45, 7) is 2.42. The van der Waals surface area contributed by atoms with Crippen LogP contribution in [0.3, 0.4) is 0 Å². The number of aliphatic hydroxyl groups excluding tert-OH is 1. The summed E-state index contributed by atoms with van der Waals surface area (Å²) in [5.74, 6) is 0. The summed E-state index contributed by atoms with van der Waals surface area (Å²) >= 11 is 0. The van der Waals surface area contributed by atoms with Crippen molar-refractivity contribution >= 4 is 6.08 Å². The van der Waals surface area contributed by atoms with Crippen LogP contribution in [0.5, 0.6) is 0 Å². The van der Waals surface area contributed by atoms with Crippen LogP contribution in [0, 0.1) is 0 Å². The first-order valence-electron chi connectivity index (χ1n) is 6.26. The Morgan fingerprint density at radius 1 is 1.29 bits per heavy atom. The number of hydrogen-bond acceptors (Lipinski definition) is 2. The van der Waals surface area contributed by atoms with Gasteiger partial charge in [-0.2, -0.15) is 0 Å². The summed E-state index contributed by atoms with van der Waals surface area (Å²) in [7, 11) is 0. The first kappa shape index (κ1) is 12.3. The van der Waals surface area contributed by atoms with Gasteiger partial charge in [-0.25, -0.2) is 0 Å². The predicted molar refractivity (Wildman–Crippen MR) is 69.7 cm³/mol. The first-order chi connectivity index (χ1) is 8.24. The third kappa shape index (κ3) is 3.42. The molecule has 0 saturated carbocycles. The van der Waals surface area contributed by atoms with Crippen LogP contribution in [-0.2, 0) is 4.74 Å². The second-order valence-electron chi connectivity index (χ2n) is 4.80. The van der Waals surface area contributed by atoms with Gasteiger partial charge in [0.05, 0.1) is 5.60 Å². The van der Waals surface area contributed by atoms with Gasteiger partial charge in [-0.3, -0.25) is 0 Å². The van der Waals surface area contributed by atoms with Gasteiger partial charge >= 0.3 is 0 Å². The van der Waals surface area contributed by atoms with Crippen LogP contribution in [0.25, 0.3) is 6.08 Å². The second kappa shape index (κ2) is 5.48. The molecule has 17 heavy (non-hydrogen) atoms. The molecule has 1 fully saturated rings. The number of benzene rings is 1. The zero-order valence-corrected chi connectivity index (χ0v) is 10.3. The lowest BCUT2D eigenvalue weighted by Crippen LogP contribution is -2.08. The van der Waals surface area contributed by atoms with Crippen molar-refractivity contribution in [3.8, 4) is 0 Å². The zero-order valence-electron chi connectivity index (χ0n) is 10.3. The van der Waals surface area contributed by atoms with Crippen molar-refractivity contribution in [2.24, 2.45) is 0 Å². The van der Waals surface area contributed by atoms with Gasteiger partial charge in [-0.15, -0.1) is 0 Å². The average molecular weight is 232 g/mol. The minimum absolute atomic E-state index is 0.000447. The minimum atomic E-state index is 0.000447. The van der Waals surface area contributed by atoms with E-state index in [0.29, 0.717) is 0 Å². The Morgan fingerprint density at radius 2 is 2.06 bits per heavy atom. The summed E-state index contributed by atoms with van der Waals surface area (Å²) < 4.78 is 5.70. The van der Waals surface area contributed by atoms with Crippen molar-refractivity contribution in [1.29, 1.82) is 0 Å². The highest BCUT2D eigenvalue weighted by Gasteiger charge is 2.49. The zero-order chi connectivity index (χ0) is 12.1. The molecule has 0 bridgehead atoms. The third-order valence-electron chi connectivity index (χ3n) is 3.29. The van der Waals surface area contributed by atoms with Crippen LogP contribution >= 0.6 is 0 Å². The Labute approximate surface area is 103 Å². The monoisotopic (exact) mass is 232 g/mol. The second-order valence-corrected chi connectivity index (χ2v) is 4.80. The van der Waals surface area contributed by atoms with E-state index in [2.05, 4.69) is 31.2 Å². The molecule has 2 nitrogen and oxygen atoms in total. The van der Waals surface area contributed by atoms with E-state index in [4.69, 9.17) is 9.84 Å². The highest BCUT2D eigenvalue weighted by molar-refractivity contribution is 5.50. The van der Waals surface area contributed by atoms with Gasteiger partial charge < -0.3 is 9.84 Å². The molecule has 0 radical (unpaired) electrons. The summed E-state index contributed by atoms with van der Waals surface area (Å²) in [6.07, 6.45) is 7.41. The first-order valence-corrected chi connectivity index (χ1v) is 6.26. The lowest BCUT2D eigenvalue weighted by Gasteiger charge is -2.03. The Kier molecular flexibility index (Phi) is 3.97. The molecule has 0 aliphatic carbocycles. The normalized spacial score (nSPS) is 27.5. The molecule has 1 saturated heterocycles. The van der Waals surface area contributed by atoms with Crippen molar-refractivity contribution in [3.63, 3.8) is 0 Å². The van der Waals surface area contributed by atoms with Crippen LogP contribution in [0.4, 0.5) is 0 Å². The number of hydrogen-bond donors (Lipinski definition) is 1. The largest absolute Gasteiger partial charge is 0.396 e. The Balaban J connectivity index is 1.80. The van der Waals surface area contributed by atoms with Crippen molar-refractivity contribution in [2.75, 3.05) is 6.61 Å². The summed E-state index contributed by atoms with van der Waals surface area (Å²) in [5.41, 5.74) is 1.21. The van der Waals surface area contributed by atoms with Crippen LogP contribution in [0.15, 0.2) is 36.4 Å². The number of unbranched alkanes of at least 4 members (excludes halogenated alkanes) is 1. The van der Waals surface area contributed by atoms with Gasteiger partial charge in [0, 0.05) is 6.61 Å². The quantitative estimate of drug-likeness (QED) is 0.604. The Bertz CT molecular complexity index is 372. The fourth-order valence-corrected chi connectivity index (χ4v) is 2.05. The van der Waals surface area contributed by atoms with Gasteiger partial charge in [0.25, 0.3) is 0 Å². The SMILES string of the molecule is C[C@]1(CCCCO)O[C@@H]1/C=C\c1ccccc1. The molecule has 1 aromatic carbocycles. The summed E-state index contributed by atoms with van der Waals surface area (Å²) in [5, 5.41) is 8.75. The van der Waals surface area contributed by atoms with Gasteiger partial charge in [0.15, 0.2) is 0 Å². The fourth-order valence-electron chi connectivity index (χ4n) is 2.05. The van der Waals surface area contributed by atoms with E-state index in [9.17, 15) is 0 Å². The molecular formula is C15H20O2. The lowest BCUT2D eigenvalue weighted by molar-refractivity contribution is 0.261. The molecule has 0 unspecified atom stereocenters. The number of ether oxygens (including phenoxy) is 1. The van der Waals surface area contributed by atoms with Gasteiger partial charge in [-0.05, 0) is 31.7 Å². The van der Waals surface area contributed by atoms with Crippen LogP contribution in [-0.4, -0.2) is 23.4 Å². The number of aliphatic hydroxyl groups is 1. The lowest BCUT2D eigenvalue weighted by atomic mass is 9.99. The number of rotatable bonds is 6. The van der Waals surface area contributed by atoms with E-state index in [0.717, 1.165) is 19.3 Å². The van der Waals surface area contributed by atoms with Crippen molar-refractivity contribution in [3.05, 3.63) is 42.0 Å². The maximum Gasteiger partial charge on any atom is 0.105 e. The standard InChI is InChI=1S/C15H20O2/c1-15(11-5-6-12-16)14(17-15)10-9-13-7-3-2-4-8-13/h2-4,7-10,14,16H,5-6,11-12H2,1H3/b10-9-/t14-,15-/m1/s1. The molecule has 1 aliphatic heterocycles. The highest BCUT2D eigenvalue weighted by Crippen LogP contribution is 2.41. The van der Waals surface area contributed by atoms with E-state index in [1.807, 2.05) is 18.2 Å². The molecule has 0 aromatic heterocycles. The van der Waals surface area contributed by atoms with Crippen molar-refractivity contribution < 1.29 is 9.84 Å². The maximum atomic E-state index is 8.75. The van der Waals surface area contributed by atoms with Gasteiger partial charge in [0.1, 0.15) is 6.10 Å². The van der Waals surface area contributed by atoms with E-state index in [1.165, 1.54) is 5.56 Å². The van der Waals surface area contributed by atoms with Gasteiger partial charge in [-0.1, -0.05) is 42.5 Å². The molecule has 1 N–H and O–H groups in total. The van der Waals surface area contributed by atoms with Crippen LogP contribution in [0.2, 0.25) is 0 Å². The molecule has 2 atom stereocenters. The van der Waals surface area contributed by atoms with Gasteiger partial charge in [0.2, 0.25) is 0 Å². The molecule has 1 aromatic rings. The fraction of sp³-hybridized carbons (Fsp3) is 0.467. The molecule has 1 aliphatic rings. The highest BCUT2D eigenvalue weighted by atomic mass is 16.6. The molecular weight excluding hydrogens is 212 g/mol. The van der Waals surface area contributed by atoms with Crippen molar-refractivity contribution in [2.45, 2.75) is 37.9 Å². The van der Waals surface area contributed by atoms with E-state index >= 15 is 0 Å². The molecule has 0 spiro atoms. The third-order valence-corrected chi connectivity index (χ3v) is 3.29. The Hall–Kier alpha value is -1.12. The predicted octanol–water partition coefficient (Wildman–Crippen LogP) is 3.02. The minimum Gasteiger partial charge on any atom is -0.396 e. The summed E-state index contributed by atoms with van der Waals surface area (Å²) in [6, 6.07) is 10.3. The topological polar surface area (TPSA) is 32.8 Å². The molecule has 92 valence electrons. The van der Waals surface area contributed by atoms with E-state index < -0.39 is 0 Å². The van der Waals surface area contributed by atoms with E-state index in [1.54, 1.807) is 0 Å². The summed E-state index contributed by atoms with van der Waals surface area (Å²) in [4.78, 5) is 0. The Morgan fingerprint density at radius 3 is 2.76 bits per heavy atom. The molecule has 2 rings (SSSR count). The number of epoxide rings is 1. The average Bonchev–Trinajstić information content (AvgIpc) is 3.00. The van der Waals surface area contributed by atoms with Crippen LogP contribution < -0.4 is 0 Å². The molecule has 0 amide bonds. The van der Waals surface area contributed by atoms with Crippen LogP contribution in [0.1, 0.15) is 31.7 Å². The molecule has 2 heteroatoms.